The molecule has 7 aromatic rings. The maximum absolute atomic E-state index is 14.1. The van der Waals surface area contributed by atoms with Crippen LogP contribution in [0.25, 0.3) is 39.3 Å². The van der Waals surface area contributed by atoms with Gasteiger partial charge in [0.1, 0.15) is 29.8 Å². The summed E-state index contributed by atoms with van der Waals surface area (Å²) < 4.78 is 72.3. The van der Waals surface area contributed by atoms with Gasteiger partial charge in [0.25, 0.3) is 0 Å². The fourth-order valence-electron chi connectivity index (χ4n) is 12.6. The summed E-state index contributed by atoms with van der Waals surface area (Å²) in [5.41, 5.74) is 7.66. The molecule has 6 heterocycles. The number of esters is 1. The quantitative estimate of drug-likeness (QED) is 0.0384. The number of carbonyl (C=O) groups excluding carboxylic acids is 6. The lowest BCUT2D eigenvalue weighted by molar-refractivity contribution is -0.148. The minimum absolute atomic E-state index is 0.0542. The fourth-order valence-corrected chi connectivity index (χ4v) is 15.7. The minimum atomic E-state index is -3.98. The second-order valence-corrected chi connectivity index (χ2v) is 30.6. The van der Waals surface area contributed by atoms with Crippen LogP contribution >= 0.6 is 15.9 Å². The number of aromatic amines is 2. The van der Waals surface area contributed by atoms with E-state index in [9.17, 15) is 45.6 Å². The van der Waals surface area contributed by atoms with Gasteiger partial charge in [0.2, 0.25) is 37.8 Å². The van der Waals surface area contributed by atoms with Crippen LogP contribution in [-0.4, -0.2) is 174 Å². The summed E-state index contributed by atoms with van der Waals surface area (Å²) in [6.07, 6.45) is 6.01. The normalized spacial score (nSPS) is 18.2. The van der Waals surface area contributed by atoms with Gasteiger partial charge in [-0.3, -0.25) is 24.2 Å². The molecular weight excluding hydrogens is 1380 g/mol. The number of allylic oxidation sites excluding steroid dienone is 1. The van der Waals surface area contributed by atoms with Gasteiger partial charge in [-0.1, -0.05) is 161 Å². The number of likely N-dealkylation sites (tertiary alicyclic amines) is 1. The summed E-state index contributed by atoms with van der Waals surface area (Å²) in [6.45, 7) is 11.3. The van der Waals surface area contributed by atoms with Gasteiger partial charge in [-0.25, -0.2) is 36.4 Å². The van der Waals surface area contributed by atoms with Crippen molar-refractivity contribution in [1.82, 2.24) is 53.9 Å². The first-order valence-corrected chi connectivity index (χ1v) is 36.6. The summed E-state index contributed by atoms with van der Waals surface area (Å²) in [7, 11) is -4.04. The van der Waals surface area contributed by atoms with E-state index in [0.717, 1.165) is 62.2 Å². The third-order valence-corrected chi connectivity index (χ3v) is 22.5. The van der Waals surface area contributed by atoms with E-state index in [1.165, 1.54) is 47.0 Å². The number of aromatic nitrogens is 4. The topological polar surface area (TPSA) is 308 Å². The van der Waals surface area contributed by atoms with E-state index in [4.69, 9.17) is 19.2 Å². The van der Waals surface area contributed by atoms with Crippen LogP contribution in [0.1, 0.15) is 96.5 Å². The van der Waals surface area contributed by atoms with E-state index in [2.05, 4.69) is 46.5 Å². The molecule has 5 amide bonds. The van der Waals surface area contributed by atoms with E-state index in [-0.39, 0.29) is 78.2 Å². The molecule has 4 aliphatic rings. The van der Waals surface area contributed by atoms with Crippen LogP contribution in [0.4, 0.5) is 9.59 Å². The predicted octanol–water partition coefficient (Wildman–Crippen LogP) is 10.4. The minimum Gasteiger partial charge on any atom is -0.469 e. The number of hydrogen-bond acceptors (Lipinski definition) is 16. The molecule has 3 saturated heterocycles. The van der Waals surface area contributed by atoms with Gasteiger partial charge >= 0.3 is 18.2 Å². The van der Waals surface area contributed by atoms with Crippen LogP contribution in [0.5, 0.6) is 0 Å². The van der Waals surface area contributed by atoms with E-state index in [0.29, 0.717) is 30.3 Å². The number of sulfonamides is 2. The number of H-pyrrole nitrogens is 2. The van der Waals surface area contributed by atoms with Crippen LogP contribution < -0.4 is 10.6 Å². The molecular formula is C72H83BrN12O13S2. The molecule has 0 unspecified atom stereocenters. The molecule has 11 rings (SSSR count). The number of carbonyl (C=O) groups is 6. The number of nitrogens with zero attached hydrogens (tertiary/aromatic N) is 8. The molecule has 4 N–H and O–H groups in total. The van der Waals surface area contributed by atoms with Gasteiger partial charge in [-0.05, 0) is 94.8 Å². The number of nitrogens with one attached hydrogen (secondary N) is 4. The second kappa shape index (κ2) is 31.9. The third-order valence-electron chi connectivity index (χ3n) is 18.3. The number of ether oxygens (including phenoxy) is 3. The molecule has 25 nitrogen and oxygen atoms in total. The molecule has 100 heavy (non-hydrogen) atoms. The largest absolute Gasteiger partial charge is 0.469 e. The molecule has 0 spiro atoms. The highest BCUT2D eigenvalue weighted by Gasteiger charge is 2.47. The number of amides is 5. The smallest absolute Gasteiger partial charge is 0.407 e. The standard InChI is InChI=1S/C45H53N9O8S.C27H30BrN3O5S/c1-27(2)38(50-44(57)61-5)42(55)53-22-10-13-36(53)40-46-23-34(48-40)31-18-14-29(15-19-31)30-16-20-32(21-17-30)35-24-47-41(49-35)37-25-52(63(59,60)33-11-8-7-9-12-33)26-54(37)43(56)39(28(3)4)51-45(58)62-6;1-18(2)22(15-26(32)36-3)27(33)31-17-30(37(34,35)21-7-5-4-6-8-21)16-25(31)24-14-13-23(29-24)19-9-11-20(28)12-10-19/h7-9,11-12,14-21,23-24,27-28,36-39H,10,13,22,25-26H2,1-6H3,(H,46,48)(H,47,49)(H,50,57)(H,51,58);4-13,18,22,25H,14-17H2,1-3H3/t36-,37-,38-,39-;22-,25-/m00/s1. The van der Waals surface area contributed by atoms with Crippen molar-refractivity contribution in [3.8, 4) is 33.6 Å². The predicted molar refractivity (Wildman–Crippen MR) is 379 cm³/mol. The zero-order valence-corrected chi connectivity index (χ0v) is 60.3. The fraction of sp³-hybridized carbons (Fsp3) is 0.375. The maximum Gasteiger partial charge on any atom is 0.407 e. The number of rotatable bonds is 21. The van der Waals surface area contributed by atoms with Crippen LogP contribution in [-0.2, 0) is 53.4 Å². The van der Waals surface area contributed by atoms with Crippen LogP contribution in [0.15, 0.2) is 171 Å². The van der Waals surface area contributed by atoms with Crippen molar-refractivity contribution >= 4 is 83.3 Å². The lowest BCUT2D eigenvalue weighted by Crippen LogP contribution is -2.51. The zero-order valence-electron chi connectivity index (χ0n) is 57.1. The Balaban J connectivity index is 0.000000248. The highest BCUT2D eigenvalue weighted by molar-refractivity contribution is 9.10. The van der Waals surface area contributed by atoms with Gasteiger partial charge in [0.05, 0.1) is 98.4 Å². The molecule has 528 valence electrons. The van der Waals surface area contributed by atoms with Crippen molar-refractivity contribution in [2.45, 2.75) is 107 Å². The van der Waals surface area contributed by atoms with Gasteiger partial charge in [0.15, 0.2) is 0 Å². The molecule has 0 saturated carbocycles. The molecule has 0 bridgehead atoms. The number of imidazole rings is 2. The van der Waals surface area contributed by atoms with Crippen LogP contribution in [0.3, 0.4) is 0 Å². The number of halogens is 1. The first kappa shape index (κ1) is 73.4. The number of aliphatic imine (C=N–C) groups is 1. The Morgan fingerprint density at radius 3 is 1.44 bits per heavy atom. The van der Waals surface area contributed by atoms with E-state index >= 15 is 0 Å². The first-order valence-electron chi connectivity index (χ1n) is 32.9. The van der Waals surface area contributed by atoms with Crippen molar-refractivity contribution in [2.75, 3.05) is 54.3 Å². The number of hydrogen-bond donors (Lipinski definition) is 4. The molecule has 28 heteroatoms. The van der Waals surface area contributed by atoms with Crippen molar-refractivity contribution in [1.29, 1.82) is 0 Å². The number of methoxy groups -OCH3 is 3. The molecule has 0 aliphatic carbocycles. The van der Waals surface area contributed by atoms with E-state index < -0.39 is 74.2 Å². The van der Waals surface area contributed by atoms with Gasteiger partial charge < -0.3 is 49.5 Å². The zero-order chi connectivity index (χ0) is 71.7. The van der Waals surface area contributed by atoms with Gasteiger partial charge in [-0.15, -0.1) is 0 Å². The molecule has 5 aromatic carbocycles. The van der Waals surface area contributed by atoms with Crippen LogP contribution in [0, 0.1) is 23.7 Å². The molecule has 0 radical (unpaired) electrons. The highest BCUT2D eigenvalue weighted by Crippen LogP contribution is 2.37. The monoisotopic (exact) mass is 1470 g/mol. The van der Waals surface area contributed by atoms with Crippen LogP contribution in [0.2, 0.25) is 0 Å². The van der Waals surface area contributed by atoms with Crippen molar-refractivity contribution in [3.63, 3.8) is 0 Å². The Labute approximate surface area is 591 Å². The molecule has 2 aromatic heterocycles. The first-order chi connectivity index (χ1) is 47.8. The summed E-state index contributed by atoms with van der Waals surface area (Å²) in [5.74, 6) is -1.55. The lowest BCUT2D eigenvalue weighted by atomic mass is 9.90. The average molecular weight is 1470 g/mol. The summed E-state index contributed by atoms with van der Waals surface area (Å²) in [4.78, 5) is 104. The van der Waals surface area contributed by atoms with E-state index in [1.807, 2.05) is 107 Å². The lowest BCUT2D eigenvalue weighted by Gasteiger charge is -2.30. The Hall–Kier alpha value is -9.35. The number of alkyl carbamates (subject to hydrolysis) is 2. The Morgan fingerprint density at radius 1 is 0.540 bits per heavy atom. The Morgan fingerprint density at radius 2 is 0.980 bits per heavy atom. The van der Waals surface area contributed by atoms with Gasteiger partial charge in [-0.2, -0.15) is 8.61 Å². The average Bonchev–Trinajstić information content (AvgIpc) is 1.66. The Bertz CT molecular complexity index is 4380. The SMILES string of the molecule is COC(=O)C[C@H](C(=O)N1CN(S(=O)(=O)c2ccccc2)C[C@H]1C1=NC(c2ccc(Br)cc2)=CC1)C(C)C.COC(=O)N[C@H](C(=O)N1CCC[C@H]1c1ncc(-c2ccc(-c3ccc(-c4cnc([C@@H]5CN(S(=O)(=O)c6ccccc6)CN5C(=O)[C@@H](NC(=O)OC)C(C)C)[nH]4)cc3)cc2)[nH]1)C(C)C. The maximum atomic E-state index is 14.1. The summed E-state index contributed by atoms with van der Waals surface area (Å²) in [5, 5.41) is 5.29. The molecule has 4 aliphatic heterocycles. The summed E-state index contributed by atoms with van der Waals surface area (Å²) in [6, 6.07) is 36.7. The van der Waals surface area contributed by atoms with Crippen molar-refractivity contribution < 1.29 is 59.8 Å². The van der Waals surface area contributed by atoms with Crippen molar-refractivity contribution in [3.05, 3.63) is 174 Å². The number of benzene rings is 5. The molecule has 3 fully saturated rings. The highest BCUT2D eigenvalue weighted by atomic mass is 79.9. The Kier molecular flexibility index (Phi) is 23.4. The second-order valence-electron chi connectivity index (χ2n) is 25.8. The van der Waals surface area contributed by atoms with Crippen molar-refractivity contribution in [2.24, 2.45) is 28.7 Å². The summed E-state index contributed by atoms with van der Waals surface area (Å²) >= 11 is 3.44. The van der Waals surface area contributed by atoms with E-state index in [1.54, 1.807) is 84.6 Å². The van der Waals surface area contributed by atoms with Gasteiger partial charge in [0, 0.05) is 36.2 Å². The third kappa shape index (κ3) is 16.4. The molecule has 6 atom stereocenters.